The van der Waals surface area contributed by atoms with E-state index in [0.717, 1.165) is 19.4 Å². The lowest BCUT2D eigenvalue weighted by atomic mass is 10.1. The zero-order valence-electron chi connectivity index (χ0n) is 6.34. The molecule has 0 aliphatic carbocycles. The van der Waals surface area contributed by atoms with E-state index in [9.17, 15) is 5.11 Å². The molecule has 2 unspecified atom stereocenters. The number of β-amino-alcohol motifs (C(OH)–C–C–N with tert-alkyl or cyclic N) is 1. The van der Waals surface area contributed by atoms with Gasteiger partial charge in [-0.05, 0) is 12.8 Å². The van der Waals surface area contributed by atoms with Gasteiger partial charge in [-0.3, -0.25) is 0 Å². The Labute approximate surface area is 61.4 Å². The molecule has 2 atom stereocenters. The first kappa shape index (κ1) is 7.98. The second-order valence-electron chi connectivity index (χ2n) is 2.75. The second-order valence-corrected chi connectivity index (χ2v) is 2.75. The molecule has 0 amide bonds. The third kappa shape index (κ3) is 2.25. The summed E-state index contributed by atoms with van der Waals surface area (Å²) in [5.74, 6) is 0. The Morgan fingerprint density at radius 3 is 2.90 bits per heavy atom. The van der Waals surface area contributed by atoms with Gasteiger partial charge in [0.1, 0.15) is 0 Å². The van der Waals surface area contributed by atoms with Crippen LogP contribution in [0.4, 0.5) is 0 Å². The minimum Gasteiger partial charge on any atom is -0.392 e. The largest absolute Gasteiger partial charge is 0.392 e. The number of ether oxygens (including phenoxy) is 1. The number of aliphatic hydroxyl groups is 1. The molecular weight excluding hydrogens is 130 g/mol. The molecule has 0 spiro atoms. The van der Waals surface area contributed by atoms with E-state index in [1.54, 1.807) is 7.11 Å². The minimum atomic E-state index is -0.180. The predicted octanol–water partition coefficient (Wildman–Crippen LogP) is -0.254. The lowest BCUT2D eigenvalue weighted by molar-refractivity contribution is 0.0927. The summed E-state index contributed by atoms with van der Waals surface area (Å²) in [6.45, 7) is 1.58. The average molecular weight is 145 g/mol. The molecule has 10 heavy (non-hydrogen) atoms. The maximum Gasteiger partial charge on any atom is 0.0696 e. The summed E-state index contributed by atoms with van der Waals surface area (Å²) in [6, 6.07) is 0. The molecule has 1 heterocycles. The van der Waals surface area contributed by atoms with Crippen LogP contribution in [0.3, 0.4) is 0 Å². The highest BCUT2D eigenvalue weighted by Gasteiger charge is 2.15. The van der Waals surface area contributed by atoms with E-state index in [-0.39, 0.29) is 12.2 Å². The molecule has 1 fully saturated rings. The number of aliphatic hydroxyl groups excluding tert-OH is 1. The molecule has 0 aromatic heterocycles. The zero-order valence-corrected chi connectivity index (χ0v) is 6.34. The molecule has 3 nitrogen and oxygen atoms in total. The molecule has 0 aromatic rings. The van der Waals surface area contributed by atoms with E-state index >= 15 is 0 Å². The van der Waals surface area contributed by atoms with Crippen molar-refractivity contribution in [2.75, 3.05) is 20.2 Å². The lowest BCUT2D eigenvalue weighted by Gasteiger charge is -2.10. The summed E-state index contributed by atoms with van der Waals surface area (Å²) in [4.78, 5) is 0. The van der Waals surface area contributed by atoms with E-state index in [1.807, 2.05) is 0 Å². The van der Waals surface area contributed by atoms with Crippen molar-refractivity contribution in [3.63, 3.8) is 0 Å². The standard InChI is InChI=1S/C7H15NO2/c1-10-7-3-2-6(9)4-8-5-7/h6-9H,2-5H2,1H3. The predicted molar refractivity (Wildman–Crippen MR) is 38.9 cm³/mol. The molecule has 0 aromatic carbocycles. The van der Waals surface area contributed by atoms with E-state index < -0.39 is 0 Å². The van der Waals surface area contributed by atoms with E-state index in [0.29, 0.717) is 6.54 Å². The van der Waals surface area contributed by atoms with Crippen LogP contribution < -0.4 is 5.32 Å². The maximum atomic E-state index is 9.18. The second kappa shape index (κ2) is 3.91. The van der Waals surface area contributed by atoms with Gasteiger partial charge in [-0.25, -0.2) is 0 Å². The van der Waals surface area contributed by atoms with Gasteiger partial charge in [0.05, 0.1) is 12.2 Å². The van der Waals surface area contributed by atoms with Crippen molar-refractivity contribution < 1.29 is 9.84 Å². The molecule has 1 aliphatic heterocycles. The van der Waals surface area contributed by atoms with Gasteiger partial charge in [-0.2, -0.15) is 0 Å². The van der Waals surface area contributed by atoms with Crippen molar-refractivity contribution in [1.29, 1.82) is 0 Å². The van der Waals surface area contributed by atoms with Crippen LogP contribution in [0.2, 0.25) is 0 Å². The molecule has 0 saturated carbocycles. The van der Waals surface area contributed by atoms with Gasteiger partial charge >= 0.3 is 0 Å². The monoisotopic (exact) mass is 145 g/mol. The summed E-state index contributed by atoms with van der Waals surface area (Å²) in [5, 5.41) is 12.3. The third-order valence-electron chi connectivity index (χ3n) is 1.91. The van der Waals surface area contributed by atoms with Crippen molar-refractivity contribution in [2.24, 2.45) is 0 Å². The SMILES string of the molecule is COC1CCC(O)CNC1. The van der Waals surface area contributed by atoms with Crippen LogP contribution in [0, 0.1) is 0 Å². The number of hydrogen-bond donors (Lipinski definition) is 2. The Balaban J connectivity index is 2.26. The minimum absolute atomic E-state index is 0.180. The van der Waals surface area contributed by atoms with Crippen LogP contribution in [0.25, 0.3) is 0 Å². The molecule has 1 saturated heterocycles. The molecule has 3 heteroatoms. The number of nitrogens with one attached hydrogen (secondary N) is 1. The van der Waals surface area contributed by atoms with Crippen molar-refractivity contribution >= 4 is 0 Å². The first-order valence-electron chi connectivity index (χ1n) is 3.74. The van der Waals surface area contributed by atoms with Gasteiger partial charge in [0.2, 0.25) is 0 Å². The average Bonchev–Trinajstić information content (AvgIpc) is 2.14. The summed E-state index contributed by atoms with van der Waals surface area (Å²) in [5.41, 5.74) is 0. The number of methoxy groups -OCH3 is 1. The topological polar surface area (TPSA) is 41.5 Å². The number of hydrogen-bond acceptors (Lipinski definition) is 3. The van der Waals surface area contributed by atoms with Crippen LogP contribution in [0.5, 0.6) is 0 Å². The van der Waals surface area contributed by atoms with E-state index in [2.05, 4.69) is 5.32 Å². The first-order chi connectivity index (χ1) is 4.83. The highest BCUT2D eigenvalue weighted by atomic mass is 16.5. The highest BCUT2D eigenvalue weighted by molar-refractivity contribution is 4.71. The van der Waals surface area contributed by atoms with Crippen LogP contribution >= 0.6 is 0 Å². The zero-order chi connectivity index (χ0) is 7.40. The van der Waals surface area contributed by atoms with Gasteiger partial charge < -0.3 is 15.2 Å². The van der Waals surface area contributed by atoms with Gasteiger partial charge in [-0.15, -0.1) is 0 Å². The summed E-state index contributed by atoms with van der Waals surface area (Å²) >= 11 is 0. The summed E-state index contributed by atoms with van der Waals surface area (Å²) in [6.07, 6.45) is 1.92. The fraction of sp³-hybridized carbons (Fsp3) is 1.00. The fourth-order valence-corrected chi connectivity index (χ4v) is 1.19. The molecule has 60 valence electrons. The normalized spacial score (nSPS) is 35.4. The summed E-state index contributed by atoms with van der Waals surface area (Å²) in [7, 11) is 1.71. The Hall–Kier alpha value is -0.120. The van der Waals surface area contributed by atoms with Crippen LogP contribution in [0.1, 0.15) is 12.8 Å². The molecule has 1 aliphatic rings. The Morgan fingerprint density at radius 2 is 2.20 bits per heavy atom. The fourth-order valence-electron chi connectivity index (χ4n) is 1.19. The maximum absolute atomic E-state index is 9.18. The van der Waals surface area contributed by atoms with Crippen molar-refractivity contribution in [3.8, 4) is 0 Å². The highest BCUT2D eigenvalue weighted by Crippen LogP contribution is 2.06. The summed E-state index contributed by atoms with van der Waals surface area (Å²) < 4.78 is 5.15. The van der Waals surface area contributed by atoms with Crippen molar-refractivity contribution in [1.82, 2.24) is 5.32 Å². The third-order valence-corrected chi connectivity index (χ3v) is 1.91. The van der Waals surface area contributed by atoms with Gasteiger partial charge in [-0.1, -0.05) is 0 Å². The van der Waals surface area contributed by atoms with Crippen molar-refractivity contribution in [3.05, 3.63) is 0 Å². The van der Waals surface area contributed by atoms with Crippen molar-refractivity contribution in [2.45, 2.75) is 25.0 Å². The van der Waals surface area contributed by atoms with E-state index in [4.69, 9.17) is 4.74 Å². The van der Waals surface area contributed by atoms with Gasteiger partial charge in [0.25, 0.3) is 0 Å². The quantitative estimate of drug-likeness (QED) is 0.534. The van der Waals surface area contributed by atoms with Gasteiger partial charge in [0, 0.05) is 20.2 Å². The first-order valence-corrected chi connectivity index (χ1v) is 3.74. The number of rotatable bonds is 1. The van der Waals surface area contributed by atoms with Crippen LogP contribution in [-0.4, -0.2) is 37.5 Å². The smallest absolute Gasteiger partial charge is 0.0696 e. The molecule has 0 bridgehead atoms. The lowest BCUT2D eigenvalue weighted by Crippen LogP contribution is -2.28. The molecule has 2 N–H and O–H groups in total. The van der Waals surface area contributed by atoms with E-state index in [1.165, 1.54) is 0 Å². The van der Waals surface area contributed by atoms with Crippen LogP contribution in [-0.2, 0) is 4.74 Å². The Bertz CT molecular complexity index is 97.6. The molecule has 1 rings (SSSR count). The Morgan fingerprint density at radius 1 is 1.40 bits per heavy atom. The van der Waals surface area contributed by atoms with Gasteiger partial charge in [0.15, 0.2) is 0 Å². The molecular formula is C7H15NO2. The molecule has 0 radical (unpaired) electrons. The Kier molecular flexibility index (Phi) is 3.12. The van der Waals surface area contributed by atoms with Crippen LogP contribution in [0.15, 0.2) is 0 Å².